The van der Waals surface area contributed by atoms with Gasteiger partial charge >= 0.3 is 0 Å². The van der Waals surface area contributed by atoms with Crippen LogP contribution in [-0.4, -0.2) is 26.1 Å². The monoisotopic (exact) mass is 427 g/mol. The van der Waals surface area contributed by atoms with Crippen molar-refractivity contribution in [2.45, 2.75) is 32.6 Å². The number of para-hydroxylation sites is 1. The highest BCUT2D eigenvalue weighted by Gasteiger charge is 2.35. The molecule has 5 nitrogen and oxygen atoms in total. The second-order valence-corrected chi connectivity index (χ2v) is 9.31. The molecular weight excluding hydrogens is 406 g/mol. The molecule has 0 N–H and O–H groups in total. The number of hydrogen-bond donors (Lipinski definition) is 0. The molecule has 2 aliphatic rings. The topological polar surface area (TPSA) is 46.3 Å². The van der Waals surface area contributed by atoms with Gasteiger partial charge in [0.25, 0.3) is 5.78 Å². The lowest BCUT2D eigenvalue weighted by Gasteiger charge is -2.25. The van der Waals surface area contributed by atoms with Crippen LogP contribution in [0, 0.1) is 23.2 Å². The third-order valence-corrected chi connectivity index (χ3v) is 6.50. The molecule has 2 saturated carbocycles. The van der Waals surface area contributed by atoms with Crippen LogP contribution in [0.25, 0.3) is 16.7 Å². The van der Waals surface area contributed by atoms with E-state index in [0.29, 0.717) is 17.0 Å². The van der Waals surface area contributed by atoms with Crippen LogP contribution < -0.4 is 4.90 Å². The van der Waals surface area contributed by atoms with E-state index in [1.807, 2.05) is 18.2 Å². The van der Waals surface area contributed by atoms with Crippen LogP contribution in [0.5, 0.6) is 0 Å². The first kappa shape index (κ1) is 18.7. The molecule has 0 saturated heterocycles. The Hall–Kier alpha value is -3.10. The number of benzene rings is 2. The van der Waals surface area contributed by atoms with Gasteiger partial charge in [-0.3, -0.25) is 0 Å². The molecule has 2 aromatic heterocycles. The number of rotatable bonds is 4. The Balaban J connectivity index is 1.51. The molecule has 4 aromatic rings. The van der Waals surface area contributed by atoms with Crippen molar-refractivity contribution in [3.8, 4) is 11.8 Å². The summed E-state index contributed by atoms with van der Waals surface area (Å²) < 4.78 is 1.80. The van der Waals surface area contributed by atoms with Crippen molar-refractivity contribution < 1.29 is 0 Å². The highest BCUT2D eigenvalue weighted by Crippen LogP contribution is 2.44. The van der Waals surface area contributed by atoms with Crippen molar-refractivity contribution in [1.29, 1.82) is 0 Å². The van der Waals surface area contributed by atoms with E-state index >= 15 is 0 Å². The zero-order valence-corrected chi connectivity index (χ0v) is 18.1. The van der Waals surface area contributed by atoms with E-state index in [1.165, 1.54) is 25.7 Å². The molecule has 2 heterocycles. The maximum atomic E-state index is 6.31. The number of nitrogens with zero attached hydrogens (tertiary/aromatic N) is 5. The standard InChI is InChI=1S/C25H22ClN5/c1-25(13-14-25)12-11-17-5-4-6-19(15-17)30(16-18-9-10-18)22-20-7-2-3-8-21(20)31-23(26)28-29-24(31)27-22/h2-8,15,18H,9-10,13-14,16H2,1H3. The van der Waals surface area contributed by atoms with E-state index in [4.69, 9.17) is 16.6 Å². The smallest absolute Gasteiger partial charge is 0.258 e. The molecule has 0 spiro atoms. The third-order valence-electron chi connectivity index (χ3n) is 6.26. The van der Waals surface area contributed by atoms with Gasteiger partial charge in [-0.2, -0.15) is 4.98 Å². The maximum Gasteiger partial charge on any atom is 0.258 e. The summed E-state index contributed by atoms with van der Waals surface area (Å²) in [5.74, 6) is 8.91. The van der Waals surface area contributed by atoms with Gasteiger partial charge in [0.15, 0.2) is 0 Å². The average Bonchev–Trinajstić information content (AvgIpc) is 3.72. The first-order valence-corrected chi connectivity index (χ1v) is 11.2. The van der Waals surface area contributed by atoms with E-state index in [9.17, 15) is 0 Å². The Bertz CT molecular complexity index is 1370. The molecule has 2 aliphatic carbocycles. The molecule has 6 heteroatoms. The van der Waals surface area contributed by atoms with Gasteiger partial charge in [-0.25, -0.2) is 4.40 Å². The van der Waals surface area contributed by atoms with Crippen LogP contribution in [0.3, 0.4) is 0 Å². The Kier molecular flexibility index (Phi) is 4.19. The Labute approximate surface area is 186 Å². The van der Waals surface area contributed by atoms with Crippen LogP contribution in [0.4, 0.5) is 11.5 Å². The summed E-state index contributed by atoms with van der Waals surface area (Å²) in [6.45, 7) is 3.15. The first-order chi connectivity index (χ1) is 15.1. The zero-order valence-electron chi connectivity index (χ0n) is 17.3. The van der Waals surface area contributed by atoms with Crippen molar-refractivity contribution in [3.05, 3.63) is 59.4 Å². The minimum atomic E-state index is 0.208. The molecule has 0 aliphatic heterocycles. The van der Waals surface area contributed by atoms with Crippen molar-refractivity contribution >= 4 is 39.8 Å². The molecule has 6 rings (SSSR count). The lowest BCUT2D eigenvalue weighted by molar-refractivity contribution is 0.783. The van der Waals surface area contributed by atoms with Gasteiger partial charge in [0.1, 0.15) is 5.82 Å². The van der Waals surface area contributed by atoms with Crippen molar-refractivity contribution in [1.82, 2.24) is 19.6 Å². The minimum absolute atomic E-state index is 0.208. The Morgan fingerprint density at radius 3 is 2.77 bits per heavy atom. The van der Waals surface area contributed by atoms with Gasteiger partial charge in [0.05, 0.1) is 5.52 Å². The van der Waals surface area contributed by atoms with Crippen LogP contribution in [0.1, 0.15) is 38.2 Å². The van der Waals surface area contributed by atoms with E-state index < -0.39 is 0 Å². The van der Waals surface area contributed by atoms with Crippen molar-refractivity contribution in [2.75, 3.05) is 11.4 Å². The summed E-state index contributed by atoms with van der Waals surface area (Å²) in [4.78, 5) is 7.21. The molecule has 0 unspecified atom stereocenters. The van der Waals surface area contributed by atoms with Crippen LogP contribution >= 0.6 is 11.6 Å². The number of fused-ring (bicyclic) bond motifs is 3. The summed E-state index contributed by atoms with van der Waals surface area (Å²) in [6, 6.07) is 16.7. The number of aromatic nitrogens is 4. The summed E-state index contributed by atoms with van der Waals surface area (Å²) in [6.07, 6.45) is 4.91. The van der Waals surface area contributed by atoms with E-state index in [1.54, 1.807) is 4.40 Å². The molecule has 154 valence electrons. The predicted octanol–water partition coefficient (Wildman–Crippen LogP) is 5.63. The fourth-order valence-electron chi connectivity index (χ4n) is 3.92. The zero-order chi connectivity index (χ0) is 21.0. The highest BCUT2D eigenvalue weighted by atomic mass is 35.5. The Morgan fingerprint density at radius 1 is 1.13 bits per heavy atom. The summed E-state index contributed by atoms with van der Waals surface area (Å²) in [7, 11) is 0. The molecule has 0 bridgehead atoms. The molecule has 0 atom stereocenters. The normalized spacial score (nSPS) is 16.8. The lowest BCUT2D eigenvalue weighted by atomic mass is 10.1. The summed E-state index contributed by atoms with van der Waals surface area (Å²) in [5, 5.41) is 9.59. The third kappa shape index (κ3) is 3.51. The number of hydrogen-bond acceptors (Lipinski definition) is 4. The van der Waals surface area contributed by atoms with Crippen LogP contribution in [0.2, 0.25) is 5.28 Å². The first-order valence-electron chi connectivity index (χ1n) is 10.8. The van der Waals surface area contributed by atoms with Crippen LogP contribution in [-0.2, 0) is 0 Å². The largest absolute Gasteiger partial charge is 0.325 e. The van der Waals surface area contributed by atoms with E-state index in [-0.39, 0.29) is 5.41 Å². The van der Waals surface area contributed by atoms with Gasteiger partial charge in [0, 0.05) is 28.6 Å². The molecule has 2 fully saturated rings. The fraction of sp³-hybridized carbons (Fsp3) is 0.320. The average molecular weight is 428 g/mol. The van der Waals surface area contributed by atoms with Gasteiger partial charge < -0.3 is 4.90 Å². The van der Waals surface area contributed by atoms with Gasteiger partial charge in [0.2, 0.25) is 5.28 Å². The quantitative estimate of drug-likeness (QED) is 0.396. The Morgan fingerprint density at radius 2 is 1.97 bits per heavy atom. The molecule has 0 amide bonds. The van der Waals surface area contributed by atoms with Gasteiger partial charge in [-0.15, -0.1) is 10.2 Å². The second kappa shape index (κ2) is 6.96. The molecule has 31 heavy (non-hydrogen) atoms. The van der Waals surface area contributed by atoms with Crippen LogP contribution in [0.15, 0.2) is 48.5 Å². The fourth-order valence-corrected chi connectivity index (χ4v) is 4.12. The van der Waals surface area contributed by atoms with Gasteiger partial charge in [-0.05, 0) is 80.5 Å². The van der Waals surface area contributed by atoms with Crippen molar-refractivity contribution in [2.24, 2.45) is 11.3 Å². The maximum absolute atomic E-state index is 6.31. The lowest BCUT2D eigenvalue weighted by Crippen LogP contribution is -2.22. The second-order valence-electron chi connectivity index (χ2n) is 8.97. The SMILES string of the molecule is CC1(C#Cc2cccc(N(CC3CC3)c3nc4nnc(Cl)n4c4ccccc34)c2)CC1. The van der Waals surface area contributed by atoms with Crippen molar-refractivity contribution in [3.63, 3.8) is 0 Å². The molecule has 0 radical (unpaired) electrons. The minimum Gasteiger partial charge on any atom is -0.325 e. The number of halogens is 1. The summed E-state index contributed by atoms with van der Waals surface area (Å²) in [5.41, 5.74) is 3.31. The highest BCUT2D eigenvalue weighted by molar-refractivity contribution is 6.29. The predicted molar refractivity (Wildman–Crippen MR) is 124 cm³/mol. The molecular formula is C25H22ClN5. The number of anilines is 2. The molecule has 2 aromatic carbocycles. The van der Waals surface area contributed by atoms with Gasteiger partial charge in [-0.1, -0.05) is 30.0 Å². The van der Waals surface area contributed by atoms with E-state index in [0.717, 1.165) is 34.5 Å². The van der Waals surface area contributed by atoms with E-state index in [2.05, 4.69) is 64.2 Å². The summed E-state index contributed by atoms with van der Waals surface area (Å²) >= 11 is 6.31.